The SMILES string of the molecule is CNC(=S)Cc1ccc(Cl)cc1. The fourth-order valence-electron chi connectivity index (χ4n) is 0.876. The predicted molar refractivity (Wildman–Crippen MR) is 56.8 cm³/mol. The van der Waals surface area contributed by atoms with Gasteiger partial charge in [-0.1, -0.05) is 36.0 Å². The summed E-state index contributed by atoms with van der Waals surface area (Å²) >= 11 is 10.8. The maximum atomic E-state index is 5.73. The highest BCUT2D eigenvalue weighted by Gasteiger charge is 1.95. The Morgan fingerprint density at radius 1 is 1.42 bits per heavy atom. The third-order valence-electron chi connectivity index (χ3n) is 1.56. The van der Waals surface area contributed by atoms with Crippen LogP contribution in [0.5, 0.6) is 0 Å². The van der Waals surface area contributed by atoms with E-state index in [2.05, 4.69) is 5.32 Å². The molecular weight excluding hydrogens is 190 g/mol. The van der Waals surface area contributed by atoms with Crippen LogP contribution in [0.15, 0.2) is 24.3 Å². The van der Waals surface area contributed by atoms with Crippen LogP contribution in [0.2, 0.25) is 5.02 Å². The largest absolute Gasteiger partial charge is 0.382 e. The van der Waals surface area contributed by atoms with Gasteiger partial charge in [-0.2, -0.15) is 0 Å². The molecule has 1 rings (SSSR count). The molecule has 64 valence electrons. The molecule has 3 heteroatoms. The number of rotatable bonds is 2. The minimum atomic E-state index is 0.758. The van der Waals surface area contributed by atoms with Crippen LogP contribution in [0.4, 0.5) is 0 Å². The van der Waals surface area contributed by atoms with Gasteiger partial charge in [-0.15, -0.1) is 0 Å². The van der Waals surface area contributed by atoms with E-state index in [0.29, 0.717) is 0 Å². The van der Waals surface area contributed by atoms with Crippen LogP contribution < -0.4 is 5.32 Å². The topological polar surface area (TPSA) is 12.0 Å². The first-order valence-electron chi connectivity index (χ1n) is 3.67. The van der Waals surface area contributed by atoms with Crippen molar-refractivity contribution < 1.29 is 0 Å². The highest BCUT2D eigenvalue weighted by atomic mass is 35.5. The molecule has 0 radical (unpaired) electrons. The third-order valence-corrected chi connectivity index (χ3v) is 2.16. The number of thiocarbonyl (C=S) groups is 1. The van der Waals surface area contributed by atoms with Crippen LogP contribution in [0, 0.1) is 0 Å². The van der Waals surface area contributed by atoms with Gasteiger partial charge in [0.25, 0.3) is 0 Å². The molecule has 0 spiro atoms. The zero-order valence-electron chi connectivity index (χ0n) is 6.80. The van der Waals surface area contributed by atoms with Gasteiger partial charge in [0, 0.05) is 18.5 Å². The van der Waals surface area contributed by atoms with Crippen molar-refractivity contribution >= 4 is 28.8 Å². The Bertz CT molecular complexity index is 268. The van der Waals surface area contributed by atoms with E-state index in [9.17, 15) is 0 Å². The van der Waals surface area contributed by atoms with Gasteiger partial charge in [0.2, 0.25) is 0 Å². The number of likely N-dealkylation sites (N-methyl/N-ethyl adjacent to an activating group) is 1. The van der Waals surface area contributed by atoms with E-state index in [1.54, 1.807) is 0 Å². The monoisotopic (exact) mass is 199 g/mol. The molecule has 1 nitrogen and oxygen atoms in total. The zero-order chi connectivity index (χ0) is 8.97. The minimum absolute atomic E-state index is 0.758. The van der Waals surface area contributed by atoms with Crippen LogP contribution >= 0.6 is 23.8 Å². The summed E-state index contributed by atoms with van der Waals surface area (Å²) in [5, 5.41) is 3.68. The molecule has 0 aliphatic rings. The Hall–Kier alpha value is -0.600. The van der Waals surface area contributed by atoms with Crippen LogP contribution in [-0.2, 0) is 6.42 Å². The number of nitrogens with one attached hydrogen (secondary N) is 1. The summed E-state index contributed by atoms with van der Waals surface area (Å²) in [5.74, 6) is 0. The zero-order valence-corrected chi connectivity index (χ0v) is 8.38. The molecule has 0 aliphatic heterocycles. The van der Waals surface area contributed by atoms with E-state index in [-0.39, 0.29) is 0 Å². The molecule has 0 aliphatic carbocycles. The lowest BCUT2D eigenvalue weighted by molar-refractivity contribution is 1.14. The lowest BCUT2D eigenvalue weighted by Gasteiger charge is -2.02. The summed E-state index contributed by atoms with van der Waals surface area (Å²) in [7, 11) is 1.83. The lowest BCUT2D eigenvalue weighted by atomic mass is 10.1. The van der Waals surface area contributed by atoms with E-state index in [1.807, 2.05) is 31.3 Å². The molecule has 0 unspecified atom stereocenters. The first kappa shape index (κ1) is 9.49. The van der Waals surface area contributed by atoms with Crippen molar-refractivity contribution in [2.45, 2.75) is 6.42 Å². The molecule has 1 aromatic rings. The van der Waals surface area contributed by atoms with Crippen molar-refractivity contribution in [2.75, 3.05) is 7.05 Å². The van der Waals surface area contributed by atoms with Crippen LogP contribution in [0.1, 0.15) is 5.56 Å². The minimum Gasteiger partial charge on any atom is -0.382 e. The average molecular weight is 200 g/mol. The second-order valence-corrected chi connectivity index (χ2v) is 3.41. The van der Waals surface area contributed by atoms with E-state index >= 15 is 0 Å². The second-order valence-electron chi connectivity index (χ2n) is 2.48. The summed E-state index contributed by atoms with van der Waals surface area (Å²) in [4.78, 5) is 0.845. The van der Waals surface area contributed by atoms with E-state index < -0.39 is 0 Å². The Kier molecular flexibility index (Phi) is 3.50. The van der Waals surface area contributed by atoms with Gasteiger partial charge < -0.3 is 5.32 Å². The third kappa shape index (κ3) is 2.80. The van der Waals surface area contributed by atoms with Crippen molar-refractivity contribution in [3.63, 3.8) is 0 Å². The van der Waals surface area contributed by atoms with Gasteiger partial charge in [-0.25, -0.2) is 0 Å². The molecule has 1 N–H and O–H groups in total. The van der Waals surface area contributed by atoms with Crippen LogP contribution in [0.3, 0.4) is 0 Å². The molecule has 0 saturated heterocycles. The van der Waals surface area contributed by atoms with Crippen molar-refractivity contribution in [3.05, 3.63) is 34.9 Å². The van der Waals surface area contributed by atoms with Gasteiger partial charge >= 0.3 is 0 Å². The number of benzene rings is 1. The number of hydrogen-bond donors (Lipinski definition) is 1. The summed E-state index contributed by atoms with van der Waals surface area (Å²) in [6.07, 6.45) is 0.781. The van der Waals surface area contributed by atoms with Gasteiger partial charge in [-0.05, 0) is 17.7 Å². The molecule has 0 aromatic heterocycles. The van der Waals surface area contributed by atoms with Crippen molar-refractivity contribution in [3.8, 4) is 0 Å². The highest BCUT2D eigenvalue weighted by molar-refractivity contribution is 7.80. The van der Waals surface area contributed by atoms with Crippen molar-refractivity contribution in [2.24, 2.45) is 0 Å². The molecule has 12 heavy (non-hydrogen) atoms. The van der Waals surface area contributed by atoms with Crippen LogP contribution in [-0.4, -0.2) is 12.0 Å². The van der Waals surface area contributed by atoms with Crippen LogP contribution in [0.25, 0.3) is 0 Å². The fraction of sp³-hybridized carbons (Fsp3) is 0.222. The average Bonchev–Trinajstić information content (AvgIpc) is 2.09. The Labute approximate surface area is 82.7 Å². The van der Waals surface area contributed by atoms with Crippen molar-refractivity contribution in [1.29, 1.82) is 0 Å². The Morgan fingerprint density at radius 2 is 2.00 bits per heavy atom. The molecular formula is C9H10ClNS. The summed E-state index contributed by atoms with van der Waals surface area (Å²) in [6, 6.07) is 7.70. The normalized spacial score (nSPS) is 9.50. The lowest BCUT2D eigenvalue weighted by Crippen LogP contribution is -2.17. The summed E-state index contributed by atoms with van der Waals surface area (Å²) in [6.45, 7) is 0. The Balaban J connectivity index is 2.64. The van der Waals surface area contributed by atoms with Gasteiger partial charge in [0.1, 0.15) is 0 Å². The van der Waals surface area contributed by atoms with Gasteiger partial charge in [0.05, 0.1) is 4.99 Å². The second kappa shape index (κ2) is 4.43. The quantitative estimate of drug-likeness (QED) is 0.735. The van der Waals surface area contributed by atoms with E-state index in [0.717, 1.165) is 16.4 Å². The maximum Gasteiger partial charge on any atom is 0.0795 e. The van der Waals surface area contributed by atoms with E-state index in [4.69, 9.17) is 23.8 Å². The van der Waals surface area contributed by atoms with Gasteiger partial charge in [-0.3, -0.25) is 0 Å². The van der Waals surface area contributed by atoms with E-state index in [1.165, 1.54) is 5.56 Å². The molecule has 0 amide bonds. The molecule has 0 saturated carbocycles. The number of hydrogen-bond acceptors (Lipinski definition) is 1. The smallest absolute Gasteiger partial charge is 0.0795 e. The molecule has 1 aromatic carbocycles. The predicted octanol–water partition coefficient (Wildman–Crippen LogP) is 2.43. The standard InChI is InChI=1S/C9H10ClNS/c1-11-9(12)6-7-2-4-8(10)5-3-7/h2-5H,6H2,1H3,(H,11,12). The van der Waals surface area contributed by atoms with Crippen molar-refractivity contribution in [1.82, 2.24) is 5.32 Å². The Morgan fingerprint density at radius 3 is 2.50 bits per heavy atom. The first-order valence-corrected chi connectivity index (χ1v) is 4.46. The molecule has 0 heterocycles. The maximum absolute atomic E-state index is 5.73. The molecule has 0 atom stereocenters. The molecule has 0 fully saturated rings. The van der Waals surface area contributed by atoms with Gasteiger partial charge in [0.15, 0.2) is 0 Å². The molecule has 0 bridgehead atoms. The summed E-state index contributed by atoms with van der Waals surface area (Å²) in [5.41, 5.74) is 1.18. The highest BCUT2D eigenvalue weighted by Crippen LogP contribution is 2.09. The first-order chi connectivity index (χ1) is 5.72. The summed E-state index contributed by atoms with van der Waals surface area (Å²) < 4.78 is 0. The number of halogens is 1. The fourth-order valence-corrected chi connectivity index (χ4v) is 1.17.